The lowest BCUT2D eigenvalue weighted by atomic mass is 10.0. The maximum absolute atomic E-state index is 12.4. The van der Waals surface area contributed by atoms with Gasteiger partial charge in [-0.3, -0.25) is 9.59 Å². The van der Waals surface area contributed by atoms with Crippen LogP contribution in [-0.2, 0) is 4.79 Å². The average Bonchev–Trinajstić information content (AvgIpc) is 2.24. The minimum atomic E-state index is -1.02. The van der Waals surface area contributed by atoms with Gasteiger partial charge in [-0.25, -0.2) is 0 Å². The summed E-state index contributed by atoms with van der Waals surface area (Å²) in [6.07, 6.45) is 0. The molecule has 0 aliphatic heterocycles. The first-order valence-corrected chi connectivity index (χ1v) is 6.31. The fourth-order valence-electron chi connectivity index (χ4n) is 1.53. The number of hydrogen-bond donors (Lipinski definition) is 1. The molecule has 1 aromatic carbocycles. The largest absolute Gasteiger partial charge is 0.480 e. The van der Waals surface area contributed by atoms with Gasteiger partial charge in [0.05, 0.1) is 5.56 Å². The maximum Gasteiger partial charge on any atom is 0.323 e. The van der Waals surface area contributed by atoms with Crippen LogP contribution in [0.2, 0.25) is 0 Å². The zero-order valence-electron chi connectivity index (χ0n) is 10.6. The molecule has 18 heavy (non-hydrogen) atoms. The lowest BCUT2D eigenvalue weighted by Gasteiger charge is -2.34. The number of aliphatic carboxylic acids is 1. The number of benzene rings is 1. The summed E-state index contributed by atoms with van der Waals surface area (Å²) in [5.74, 6) is -1.32. The van der Waals surface area contributed by atoms with Gasteiger partial charge in [-0.1, -0.05) is 12.1 Å². The summed E-state index contributed by atoms with van der Waals surface area (Å²) in [6, 6.07) is 6.99. The standard InChI is InChI=1S/C13H16BrNO3/c1-13(2,3)15(8-11(16)17)12(18)9-6-4-5-7-10(9)14/h4-7H,8H2,1-3H3,(H,16,17). The number of halogens is 1. The minimum Gasteiger partial charge on any atom is -0.480 e. The fourth-order valence-corrected chi connectivity index (χ4v) is 1.98. The first-order chi connectivity index (χ1) is 8.23. The first kappa shape index (κ1) is 14.7. The highest BCUT2D eigenvalue weighted by molar-refractivity contribution is 9.10. The van der Waals surface area contributed by atoms with Gasteiger partial charge in [0.25, 0.3) is 5.91 Å². The molecule has 0 atom stereocenters. The van der Waals surface area contributed by atoms with Gasteiger partial charge in [0.1, 0.15) is 6.54 Å². The molecule has 0 saturated heterocycles. The Labute approximate surface area is 115 Å². The molecule has 0 fully saturated rings. The summed E-state index contributed by atoms with van der Waals surface area (Å²) in [5, 5.41) is 8.91. The van der Waals surface area contributed by atoms with Crippen molar-refractivity contribution < 1.29 is 14.7 Å². The van der Waals surface area contributed by atoms with Crippen LogP contribution >= 0.6 is 15.9 Å². The van der Waals surface area contributed by atoms with Crippen LogP contribution in [0.3, 0.4) is 0 Å². The molecule has 1 N–H and O–H groups in total. The fraction of sp³-hybridized carbons (Fsp3) is 0.385. The van der Waals surface area contributed by atoms with Gasteiger partial charge in [0, 0.05) is 10.0 Å². The maximum atomic E-state index is 12.4. The Balaban J connectivity index is 3.11. The molecule has 0 radical (unpaired) electrons. The molecule has 1 aromatic rings. The van der Waals surface area contributed by atoms with Crippen LogP contribution in [0, 0.1) is 0 Å². The molecule has 98 valence electrons. The molecule has 0 spiro atoms. The van der Waals surface area contributed by atoms with Crippen molar-refractivity contribution >= 4 is 27.8 Å². The highest BCUT2D eigenvalue weighted by Crippen LogP contribution is 2.22. The van der Waals surface area contributed by atoms with E-state index in [-0.39, 0.29) is 12.5 Å². The van der Waals surface area contributed by atoms with Crippen LogP contribution in [0.15, 0.2) is 28.7 Å². The second kappa shape index (κ2) is 5.52. The van der Waals surface area contributed by atoms with E-state index in [1.807, 2.05) is 20.8 Å². The van der Waals surface area contributed by atoms with E-state index in [9.17, 15) is 9.59 Å². The van der Waals surface area contributed by atoms with Crippen molar-refractivity contribution in [3.8, 4) is 0 Å². The van der Waals surface area contributed by atoms with Crippen molar-refractivity contribution in [1.82, 2.24) is 4.90 Å². The normalized spacial score (nSPS) is 11.1. The Morgan fingerprint density at radius 3 is 2.28 bits per heavy atom. The van der Waals surface area contributed by atoms with E-state index in [4.69, 9.17) is 5.11 Å². The molecule has 4 nitrogen and oxygen atoms in total. The molecule has 0 aliphatic carbocycles. The molecule has 5 heteroatoms. The topological polar surface area (TPSA) is 57.6 Å². The van der Waals surface area contributed by atoms with E-state index in [1.54, 1.807) is 24.3 Å². The van der Waals surface area contributed by atoms with Crippen molar-refractivity contribution in [2.45, 2.75) is 26.3 Å². The quantitative estimate of drug-likeness (QED) is 0.933. The van der Waals surface area contributed by atoms with Gasteiger partial charge in [-0.05, 0) is 48.8 Å². The first-order valence-electron chi connectivity index (χ1n) is 5.52. The van der Waals surface area contributed by atoms with Gasteiger partial charge in [-0.2, -0.15) is 0 Å². The Hall–Kier alpha value is -1.36. The van der Waals surface area contributed by atoms with Crippen molar-refractivity contribution in [3.63, 3.8) is 0 Å². The molecule has 0 aliphatic rings. The third-order valence-electron chi connectivity index (χ3n) is 2.45. The summed E-state index contributed by atoms with van der Waals surface area (Å²) in [7, 11) is 0. The summed E-state index contributed by atoms with van der Waals surface area (Å²) >= 11 is 3.30. The highest BCUT2D eigenvalue weighted by Gasteiger charge is 2.29. The molecule has 0 saturated carbocycles. The predicted octanol–water partition coefficient (Wildman–Crippen LogP) is 2.77. The number of carbonyl (C=O) groups excluding carboxylic acids is 1. The highest BCUT2D eigenvalue weighted by atomic mass is 79.9. The van der Waals surface area contributed by atoms with Crippen LogP contribution in [0.4, 0.5) is 0 Å². The minimum absolute atomic E-state index is 0.294. The number of carboxylic acid groups (broad SMARTS) is 1. The van der Waals surface area contributed by atoms with Gasteiger partial charge in [0.15, 0.2) is 0 Å². The van der Waals surface area contributed by atoms with Crippen LogP contribution in [0.1, 0.15) is 31.1 Å². The summed E-state index contributed by atoms with van der Waals surface area (Å²) in [5.41, 5.74) is -0.0845. The van der Waals surface area contributed by atoms with Crippen LogP contribution in [0.5, 0.6) is 0 Å². The summed E-state index contributed by atoms with van der Waals surface area (Å²) < 4.78 is 0.662. The summed E-state index contributed by atoms with van der Waals surface area (Å²) in [6.45, 7) is 5.11. The monoisotopic (exact) mass is 313 g/mol. The zero-order chi connectivity index (χ0) is 13.9. The van der Waals surface area contributed by atoms with Crippen LogP contribution in [0.25, 0.3) is 0 Å². The number of carbonyl (C=O) groups is 2. The molecular formula is C13H16BrNO3. The second-order valence-electron chi connectivity index (χ2n) is 4.94. The average molecular weight is 314 g/mol. The second-order valence-corrected chi connectivity index (χ2v) is 5.79. The Bertz CT molecular complexity index is 466. The molecule has 0 heterocycles. The van der Waals surface area contributed by atoms with Gasteiger partial charge >= 0.3 is 5.97 Å². The summed E-state index contributed by atoms with van der Waals surface area (Å²) in [4.78, 5) is 24.6. The van der Waals surface area contributed by atoms with Gasteiger partial charge in [0.2, 0.25) is 0 Å². The number of amides is 1. The van der Waals surface area contributed by atoms with Crippen LogP contribution in [-0.4, -0.2) is 34.0 Å². The van der Waals surface area contributed by atoms with Crippen molar-refractivity contribution in [3.05, 3.63) is 34.3 Å². The third kappa shape index (κ3) is 3.57. The molecule has 1 rings (SSSR count). The van der Waals surface area contributed by atoms with Crippen molar-refractivity contribution in [2.75, 3.05) is 6.54 Å². The molecule has 0 aromatic heterocycles. The Morgan fingerprint density at radius 1 is 1.28 bits per heavy atom. The van der Waals surface area contributed by atoms with Gasteiger partial charge < -0.3 is 10.0 Å². The van der Waals surface area contributed by atoms with E-state index < -0.39 is 11.5 Å². The SMILES string of the molecule is CC(C)(C)N(CC(=O)O)C(=O)c1ccccc1Br. The van der Waals surface area contributed by atoms with E-state index in [0.29, 0.717) is 10.0 Å². The zero-order valence-corrected chi connectivity index (χ0v) is 12.2. The molecule has 1 amide bonds. The lowest BCUT2D eigenvalue weighted by Crippen LogP contribution is -2.48. The van der Waals surface area contributed by atoms with Crippen molar-refractivity contribution in [2.24, 2.45) is 0 Å². The number of carboxylic acids is 1. The molecule has 0 bridgehead atoms. The lowest BCUT2D eigenvalue weighted by molar-refractivity contribution is -0.138. The third-order valence-corrected chi connectivity index (χ3v) is 3.14. The van der Waals surface area contributed by atoms with E-state index >= 15 is 0 Å². The van der Waals surface area contributed by atoms with E-state index in [0.717, 1.165) is 0 Å². The van der Waals surface area contributed by atoms with Crippen molar-refractivity contribution in [1.29, 1.82) is 0 Å². The number of nitrogens with zero attached hydrogens (tertiary/aromatic N) is 1. The van der Waals surface area contributed by atoms with E-state index in [1.165, 1.54) is 4.90 Å². The predicted molar refractivity (Wildman–Crippen MR) is 72.6 cm³/mol. The number of rotatable bonds is 3. The van der Waals surface area contributed by atoms with Gasteiger partial charge in [-0.15, -0.1) is 0 Å². The molecule has 0 unspecified atom stereocenters. The van der Waals surface area contributed by atoms with Crippen LogP contribution < -0.4 is 0 Å². The smallest absolute Gasteiger partial charge is 0.323 e. The Morgan fingerprint density at radius 2 is 1.83 bits per heavy atom. The number of hydrogen-bond acceptors (Lipinski definition) is 2. The molecular weight excluding hydrogens is 298 g/mol. The Kier molecular flexibility index (Phi) is 4.51. The van der Waals surface area contributed by atoms with E-state index in [2.05, 4.69) is 15.9 Å².